The third-order valence-corrected chi connectivity index (χ3v) is 4.64. The number of benzene rings is 1. The SMILES string of the molecule is O=C(O)c1sccc1CN1C(=O)c2ccc(Br)cc2C1=O. The van der Waals surface area contributed by atoms with E-state index in [-0.39, 0.29) is 11.4 Å². The number of nitrogens with zero attached hydrogens (tertiary/aromatic N) is 1. The molecule has 2 heterocycles. The highest BCUT2D eigenvalue weighted by Gasteiger charge is 2.36. The molecule has 0 bridgehead atoms. The van der Waals surface area contributed by atoms with Crippen molar-refractivity contribution in [1.82, 2.24) is 4.90 Å². The predicted octanol–water partition coefficient (Wildman–Crippen LogP) is 3.01. The normalized spacial score (nSPS) is 13.7. The Bertz CT molecular complexity index is 783. The average Bonchev–Trinajstić information content (AvgIpc) is 2.99. The van der Waals surface area contributed by atoms with Crippen LogP contribution in [0.4, 0.5) is 0 Å². The van der Waals surface area contributed by atoms with E-state index < -0.39 is 17.8 Å². The molecule has 1 aliphatic rings. The summed E-state index contributed by atoms with van der Waals surface area (Å²) in [6.45, 7) is -0.0326. The summed E-state index contributed by atoms with van der Waals surface area (Å²) >= 11 is 4.34. The molecule has 0 aliphatic carbocycles. The summed E-state index contributed by atoms with van der Waals surface area (Å²) in [7, 11) is 0. The molecular weight excluding hydrogens is 358 g/mol. The van der Waals surface area contributed by atoms with E-state index in [4.69, 9.17) is 5.11 Å². The van der Waals surface area contributed by atoms with Gasteiger partial charge in [0.1, 0.15) is 4.88 Å². The van der Waals surface area contributed by atoms with E-state index in [1.54, 1.807) is 29.6 Å². The third kappa shape index (κ3) is 2.28. The number of hydrogen-bond donors (Lipinski definition) is 1. The summed E-state index contributed by atoms with van der Waals surface area (Å²) in [5.74, 6) is -1.86. The summed E-state index contributed by atoms with van der Waals surface area (Å²) in [5, 5.41) is 10.7. The van der Waals surface area contributed by atoms with Gasteiger partial charge in [0.15, 0.2) is 0 Å². The zero-order valence-corrected chi connectivity index (χ0v) is 12.9. The number of carbonyl (C=O) groups is 3. The van der Waals surface area contributed by atoms with Gasteiger partial charge < -0.3 is 5.11 Å². The van der Waals surface area contributed by atoms with Crippen LogP contribution in [0.15, 0.2) is 34.1 Å². The fourth-order valence-corrected chi connectivity index (χ4v) is 3.34. The van der Waals surface area contributed by atoms with Gasteiger partial charge in [-0.1, -0.05) is 15.9 Å². The number of hydrogen-bond acceptors (Lipinski definition) is 4. The summed E-state index contributed by atoms with van der Waals surface area (Å²) < 4.78 is 0.714. The molecule has 0 radical (unpaired) electrons. The lowest BCUT2D eigenvalue weighted by atomic mass is 10.1. The van der Waals surface area contributed by atoms with Gasteiger partial charge in [-0.05, 0) is 35.2 Å². The van der Waals surface area contributed by atoms with Gasteiger partial charge in [0.2, 0.25) is 0 Å². The molecule has 106 valence electrons. The molecule has 3 rings (SSSR count). The van der Waals surface area contributed by atoms with Crippen molar-refractivity contribution in [2.45, 2.75) is 6.54 Å². The molecule has 0 unspecified atom stereocenters. The largest absolute Gasteiger partial charge is 0.477 e. The number of halogens is 1. The molecule has 5 nitrogen and oxygen atoms in total. The zero-order chi connectivity index (χ0) is 15.1. The van der Waals surface area contributed by atoms with Gasteiger partial charge in [-0.3, -0.25) is 14.5 Å². The minimum Gasteiger partial charge on any atom is -0.477 e. The van der Waals surface area contributed by atoms with E-state index in [1.807, 2.05) is 0 Å². The number of carboxylic acids is 1. The quantitative estimate of drug-likeness (QED) is 0.848. The van der Waals surface area contributed by atoms with E-state index in [0.29, 0.717) is 21.2 Å². The Balaban J connectivity index is 1.95. The Morgan fingerprint density at radius 3 is 2.62 bits per heavy atom. The van der Waals surface area contributed by atoms with Crippen molar-refractivity contribution in [2.75, 3.05) is 0 Å². The Morgan fingerprint density at radius 2 is 1.90 bits per heavy atom. The van der Waals surface area contributed by atoms with Crippen LogP contribution in [0.5, 0.6) is 0 Å². The van der Waals surface area contributed by atoms with Gasteiger partial charge in [-0.2, -0.15) is 0 Å². The van der Waals surface area contributed by atoms with Crippen molar-refractivity contribution in [3.63, 3.8) is 0 Å². The van der Waals surface area contributed by atoms with E-state index in [9.17, 15) is 14.4 Å². The van der Waals surface area contributed by atoms with Crippen LogP contribution in [-0.4, -0.2) is 27.8 Å². The van der Waals surface area contributed by atoms with E-state index in [0.717, 1.165) is 16.2 Å². The van der Waals surface area contributed by atoms with Crippen LogP contribution in [0.3, 0.4) is 0 Å². The monoisotopic (exact) mass is 365 g/mol. The second kappa shape index (κ2) is 5.09. The molecule has 1 aromatic carbocycles. The summed E-state index contributed by atoms with van der Waals surface area (Å²) in [5.41, 5.74) is 1.14. The number of rotatable bonds is 3. The number of aromatic carboxylic acids is 1. The Morgan fingerprint density at radius 1 is 1.19 bits per heavy atom. The van der Waals surface area contributed by atoms with E-state index >= 15 is 0 Å². The molecule has 2 aromatic rings. The third-order valence-electron chi connectivity index (χ3n) is 3.20. The number of carbonyl (C=O) groups excluding carboxylic acids is 2. The first-order valence-corrected chi connectivity index (χ1v) is 7.61. The summed E-state index contributed by atoms with van der Waals surface area (Å²) in [4.78, 5) is 36.9. The van der Waals surface area contributed by atoms with Gasteiger partial charge >= 0.3 is 5.97 Å². The molecule has 2 amide bonds. The van der Waals surface area contributed by atoms with Gasteiger partial charge in [0, 0.05) is 4.47 Å². The highest BCUT2D eigenvalue weighted by Crippen LogP contribution is 2.28. The van der Waals surface area contributed by atoms with Crippen molar-refractivity contribution < 1.29 is 19.5 Å². The summed E-state index contributed by atoms with van der Waals surface area (Å²) in [6.07, 6.45) is 0. The van der Waals surface area contributed by atoms with Crippen LogP contribution in [0.1, 0.15) is 36.0 Å². The fraction of sp³-hybridized carbons (Fsp3) is 0.0714. The van der Waals surface area contributed by atoms with Gasteiger partial charge in [0.05, 0.1) is 17.7 Å². The lowest BCUT2D eigenvalue weighted by Gasteiger charge is -2.13. The number of imide groups is 1. The maximum Gasteiger partial charge on any atom is 0.346 e. The molecular formula is C14H8BrNO4S. The molecule has 1 N–H and O–H groups in total. The van der Waals surface area contributed by atoms with Crippen LogP contribution in [0.25, 0.3) is 0 Å². The second-order valence-corrected chi connectivity index (χ2v) is 6.30. The minimum absolute atomic E-state index is 0.0326. The molecule has 0 saturated carbocycles. The van der Waals surface area contributed by atoms with Crippen molar-refractivity contribution in [3.8, 4) is 0 Å². The van der Waals surface area contributed by atoms with Crippen LogP contribution in [0.2, 0.25) is 0 Å². The second-order valence-electron chi connectivity index (χ2n) is 4.47. The lowest BCUT2D eigenvalue weighted by Crippen LogP contribution is -2.29. The molecule has 0 saturated heterocycles. The number of carboxylic acid groups (broad SMARTS) is 1. The Kier molecular flexibility index (Phi) is 3.38. The molecule has 0 atom stereocenters. The molecule has 1 aliphatic heterocycles. The fourth-order valence-electron chi connectivity index (χ4n) is 2.22. The summed E-state index contributed by atoms with van der Waals surface area (Å²) in [6, 6.07) is 6.50. The molecule has 1 aromatic heterocycles. The highest BCUT2D eigenvalue weighted by molar-refractivity contribution is 9.10. The van der Waals surface area contributed by atoms with Crippen LogP contribution in [-0.2, 0) is 6.54 Å². The highest BCUT2D eigenvalue weighted by atomic mass is 79.9. The molecule has 21 heavy (non-hydrogen) atoms. The smallest absolute Gasteiger partial charge is 0.346 e. The molecule has 0 spiro atoms. The molecule has 0 fully saturated rings. The molecule has 7 heteroatoms. The van der Waals surface area contributed by atoms with Crippen molar-refractivity contribution in [2.24, 2.45) is 0 Å². The van der Waals surface area contributed by atoms with Crippen LogP contribution < -0.4 is 0 Å². The maximum atomic E-state index is 12.3. The van der Waals surface area contributed by atoms with E-state index in [2.05, 4.69) is 15.9 Å². The van der Waals surface area contributed by atoms with Crippen molar-refractivity contribution in [3.05, 3.63) is 55.7 Å². The number of fused-ring (bicyclic) bond motifs is 1. The van der Waals surface area contributed by atoms with E-state index in [1.165, 1.54) is 0 Å². The zero-order valence-electron chi connectivity index (χ0n) is 10.5. The Hall–Kier alpha value is -1.99. The van der Waals surface area contributed by atoms with Gasteiger partial charge in [0.25, 0.3) is 11.8 Å². The van der Waals surface area contributed by atoms with Crippen molar-refractivity contribution >= 4 is 45.1 Å². The van der Waals surface area contributed by atoms with Crippen LogP contribution >= 0.6 is 27.3 Å². The predicted molar refractivity (Wildman–Crippen MR) is 79.6 cm³/mol. The number of amides is 2. The van der Waals surface area contributed by atoms with Gasteiger partial charge in [-0.15, -0.1) is 11.3 Å². The van der Waals surface area contributed by atoms with Crippen LogP contribution in [0, 0.1) is 0 Å². The lowest BCUT2D eigenvalue weighted by molar-refractivity contribution is 0.0629. The first kappa shape index (κ1) is 14.0. The Labute approximate surface area is 131 Å². The standard InChI is InChI=1S/C14H8BrNO4S/c15-8-1-2-9-10(5-8)13(18)16(12(9)17)6-7-3-4-21-11(7)14(19)20/h1-5H,6H2,(H,19,20). The van der Waals surface area contributed by atoms with Gasteiger partial charge in [-0.25, -0.2) is 4.79 Å². The maximum absolute atomic E-state index is 12.3. The average molecular weight is 366 g/mol. The first-order valence-electron chi connectivity index (χ1n) is 5.94. The minimum atomic E-state index is -1.06. The topological polar surface area (TPSA) is 74.7 Å². The first-order chi connectivity index (χ1) is 9.99. The van der Waals surface area contributed by atoms with Crippen molar-refractivity contribution in [1.29, 1.82) is 0 Å². The number of thiophene rings is 1.